The van der Waals surface area contributed by atoms with Gasteiger partial charge in [-0.05, 0) is 42.7 Å². The topological polar surface area (TPSA) is 52.8 Å². The average Bonchev–Trinajstić information content (AvgIpc) is 2.73. The van der Waals surface area contributed by atoms with Gasteiger partial charge in [-0.3, -0.25) is 0 Å². The number of nitrogens with zero attached hydrogens (tertiary/aromatic N) is 1. The fourth-order valence-electron chi connectivity index (χ4n) is 3.62. The van der Waals surface area contributed by atoms with E-state index in [1.807, 2.05) is 12.1 Å². The zero-order valence-corrected chi connectivity index (χ0v) is 18.3. The van der Waals surface area contributed by atoms with E-state index in [1.54, 1.807) is 30.3 Å². The van der Waals surface area contributed by atoms with E-state index in [-0.39, 0.29) is 5.75 Å². The molecule has 2 aromatic carbocycles. The number of hydrogen-bond acceptors (Lipinski definition) is 3. The molecular formula is C25H34ClNO2. The van der Waals surface area contributed by atoms with Crippen molar-refractivity contribution < 1.29 is 10.3 Å². The predicted molar refractivity (Wildman–Crippen MR) is 123 cm³/mol. The van der Waals surface area contributed by atoms with Crippen LogP contribution in [0.5, 0.6) is 5.75 Å². The normalized spacial score (nSPS) is 11.7. The molecule has 0 heterocycles. The molecule has 0 bridgehead atoms. The number of halogens is 1. The Hall–Kier alpha value is -2.00. The Labute approximate surface area is 180 Å². The van der Waals surface area contributed by atoms with Gasteiger partial charge in [0.05, 0.1) is 0 Å². The van der Waals surface area contributed by atoms with Gasteiger partial charge in [-0.2, -0.15) is 0 Å². The summed E-state index contributed by atoms with van der Waals surface area (Å²) in [4.78, 5) is 0. The lowest BCUT2D eigenvalue weighted by Gasteiger charge is -2.10. The Balaban J connectivity index is 1.82. The van der Waals surface area contributed by atoms with Crippen molar-refractivity contribution in [2.24, 2.45) is 5.16 Å². The molecule has 29 heavy (non-hydrogen) atoms. The molecule has 3 nitrogen and oxygen atoms in total. The highest BCUT2D eigenvalue weighted by molar-refractivity contribution is 6.30. The van der Waals surface area contributed by atoms with Crippen molar-refractivity contribution in [3.05, 3.63) is 64.2 Å². The van der Waals surface area contributed by atoms with Gasteiger partial charge in [-0.15, -0.1) is 0 Å². The summed E-state index contributed by atoms with van der Waals surface area (Å²) >= 11 is 5.94. The maximum atomic E-state index is 10.3. The van der Waals surface area contributed by atoms with Crippen LogP contribution in [-0.2, 0) is 6.42 Å². The Kier molecular flexibility index (Phi) is 10.6. The highest BCUT2D eigenvalue weighted by atomic mass is 35.5. The first-order valence-corrected chi connectivity index (χ1v) is 11.3. The molecule has 0 aliphatic heterocycles. The summed E-state index contributed by atoms with van der Waals surface area (Å²) in [5.74, 6) is 0.111. The van der Waals surface area contributed by atoms with Crippen molar-refractivity contribution in [3.8, 4) is 5.75 Å². The Bertz CT molecular complexity index is 756. The lowest BCUT2D eigenvalue weighted by atomic mass is 9.97. The van der Waals surface area contributed by atoms with E-state index >= 15 is 0 Å². The molecule has 2 N–H and O–H groups in total. The van der Waals surface area contributed by atoms with Crippen molar-refractivity contribution in [1.29, 1.82) is 0 Å². The fraction of sp³-hybridized carbons (Fsp3) is 0.480. The molecule has 0 atom stereocenters. The second kappa shape index (κ2) is 13.3. The summed E-state index contributed by atoms with van der Waals surface area (Å²) in [5.41, 5.74) is 2.75. The van der Waals surface area contributed by atoms with Gasteiger partial charge in [-0.25, -0.2) is 0 Å². The van der Waals surface area contributed by atoms with Crippen LogP contribution in [0.15, 0.2) is 47.6 Å². The second-order valence-electron chi connectivity index (χ2n) is 7.74. The van der Waals surface area contributed by atoms with Crippen molar-refractivity contribution in [2.45, 2.75) is 77.6 Å². The van der Waals surface area contributed by atoms with Crippen LogP contribution in [0.2, 0.25) is 5.02 Å². The molecule has 0 amide bonds. The molecule has 0 fully saturated rings. The molecular weight excluding hydrogens is 382 g/mol. The Morgan fingerprint density at radius 2 is 1.41 bits per heavy atom. The molecule has 0 aromatic heterocycles. The van der Waals surface area contributed by atoms with Crippen LogP contribution < -0.4 is 0 Å². The largest absolute Gasteiger partial charge is 0.507 e. The van der Waals surface area contributed by atoms with Crippen molar-refractivity contribution in [1.82, 2.24) is 0 Å². The summed E-state index contributed by atoms with van der Waals surface area (Å²) in [7, 11) is 0. The number of rotatable bonds is 13. The smallest absolute Gasteiger partial charge is 0.125 e. The SMILES string of the molecule is CCCCCCCCCCCCc1ccc(O)c(C(=NO)c2ccc(Cl)cc2)c1. The summed E-state index contributed by atoms with van der Waals surface area (Å²) in [6, 6.07) is 12.6. The van der Waals surface area contributed by atoms with E-state index in [1.165, 1.54) is 57.8 Å². The number of aromatic hydroxyl groups is 1. The predicted octanol–water partition coefficient (Wildman–Crippen LogP) is 7.74. The van der Waals surface area contributed by atoms with Gasteiger partial charge in [0, 0.05) is 16.1 Å². The summed E-state index contributed by atoms with van der Waals surface area (Å²) < 4.78 is 0. The van der Waals surface area contributed by atoms with Gasteiger partial charge in [-0.1, -0.05) is 99.7 Å². The van der Waals surface area contributed by atoms with Crippen LogP contribution in [0.1, 0.15) is 87.8 Å². The molecule has 0 unspecified atom stereocenters. The summed E-state index contributed by atoms with van der Waals surface area (Å²) in [5, 5.41) is 23.9. The van der Waals surface area contributed by atoms with Crippen LogP contribution in [0.25, 0.3) is 0 Å². The highest BCUT2D eigenvalue weighted by Crippen LogP contribution is 2.24. The van der Waals surface area contributed by atoms with Gasteiger partial charge in [0.25, 0.3) is 0 Å². The van der Waals surface area contributed by atoms with Crippen LogP contribution in [0.3, 0.4) is 0 Å². The Morgan fingerprint density at radius 3 is 2.00 bits per heavy atom. The highest BCUT2D eigenvalue weighted by Gasteiger charge is 2.13. The quantitative estimate of drug-likeness (QED) is 0.152. The second-order valence-corrected chi connectivity index (χ2v) is 8.18. The zero-order valence-electron chi connectivity index (χ0n) is 17.5. The molecule has 0 saturated carbocycles. The van der Waals surface area contributed by atoms with E-state index in [0.29, 0.717) is 21.9 Å². The minimum Gasteiger partial charge on any atom is -0.507 e. The number of benzene rings is 2. The fourth-order valence-corrected chi connectivity index (χ4v) is 3.75. The van der Waals surface area contributed by atoms with E-state index in [4.69, 9.17) is 11.6 Å². The average molecular weight is 416 g/mol. The third-order valence-electron chi connectivity index (χ3n) is 5.35. The molecule has 2 aromatic rings. The minimum absolute atomic E-state index is 0.111. The third kappa shape index (κ3) is 8.10. The number of phenolic OH excluding ortho intramolecular Hbond substituents is 1. The van der Waals surface area contributed by atoms with Crippen molar-refractivity contribution in [3.63, 3.8) is 0 Å². The van der Waals surface area contributed by atoms with Gasteiger partial charge in [0.15, 0.2) is 0 Å². The first-order chi connectivity index (χ1) is 14.2. The molecule has 0 radical (unpaired) electrons. The maximum Gasteiger partial charge on any atom is 0.125 e. The molecule has 0 aliphatic rings. The first-order valence-electron chi connectivity index (χ1n) is 11.0. The van der Waals surface area contributed by atoms with E-state index in [2.05, 4.69) is 12.1 Å². The number of aryl methyl sites for hydroxylation is 1. The van der Waals surface area contributed by atoms with Gasteiger partial charge < -0.3 is 10.3 Å². The Morgan fingerprint density at radius 1 is 0.828 bits per heavy atom. The maximum absolute atomic E-state index is 10.3. The van der Waals surface area contributed by atoms with Crippen molar-refractivity contribution >= 4 is 17.3 Å². The van der Waals surface area contributed by atoms with Crippen LogP contribution >= 0.6 is 11.6 Å². The van der Waals surface area contributed by atoms with Crippen molar-refractivity contribution in [2.75, 3.05) is 0 Å². The lowest BCUT2D eigenvalue weighted by Crippen LogP contribution is -2.04. The molecule has 0 saturated heterocycles. The standard InChI is InChI=1S/C25H34ClNO2/c1-2-3-4-5-6-7-8-9-10-11-12-20-13-18-24(28)23(19-20)25(27-29)21-14-16-22(26)17-15-21/h13-19,28-29H,2-12H2,1H3. The molecule has 158 valence electrons. The number of oxime groups is 1. The van der Waals surface area contributed by atoms with Gasteiger partial charge in [0.1, 0.15) is 11.5 Å². The van der Waals surface area contributed by atoms with Crippen LogP contribution in [-0.4, -0.2) is 16.0 Å². The zero-order chi connectivity index (χ0) is 20.9. The molecule has 0 aliphatic carbocycles. The summed E-state index contributed by atoms with van der Waals surface area (Å²) in [6.07, 6.45) is 14.1. The molecule has 4 heteroatoms. The van der Waals surface area contributed by atoms with E-state index < -0.39 is 0 Å². The molecule has 0 spiro atoms. The summed E-state index contributed by atoms with van der Waals surface area (Å²) in [6.45, 7) is 2.26. The third-order valence-corrected chi connectivity index (χ3v) is 5.60. The molecule has 2 rings (SSSR count). The first kappa shape index (κ1) is 23.3. The number of unbranched alkanes of at least 4 members (excludes halogenated alkanes) is 9. The van der Waals surface area contributed by atoms with Gasteiger partial charge >= 0.3 is 0 Å². The lowest BCUT2D eigenvalue weighted by molar-refractivity contribution is 0.319. The minimum atomic E-state index is 0.111. The van der Waals surface area contributed by atoms with Gasteiger partial charge in [0.2, 0.25) is 0 Å². The monoisotopic (exact) mass is 415 g/mol. The van der Waals surface area contributed by atoms with E-state index in [0.717, 1.165) is 18.4 Å². The van der Waals surface area contributed by atoms with E-state index in [9.17, 15) is 10.3 Å². The van der Waals surface area contributed by atoms with Crippen LogP contribution in [0, 0.1) is 0 Å². The van der Waals surface area contributed by atoms with Crippen LogP contribution in [0.4, 0.5) is 0 Å². The number of hydrogen-bond donors (Lipinski definition) is 2. The number of phenols is 1.